The second-order valence-corrected chi connectivity index (χ2v) is 6.34. The molecule has 6 heteroatoms. The molecule has 3 aromatic rings. The van der Waals surface area contributed by atoms with Gasteiger partial charge in [0.25, 0.3) is 5.91 Å². The van der Waals surface area contributed by atoms with Crippen molar-refractivity contribution in [1.29, 1.82) is 0 Å². The van der Waals surface area contributed by atoms with E-state index in [1.165, 1.54) is 12.4 Å². The van der Waals surface area contributed by atoms with Crippen LogP contribution in [-0.2, 0) is 0 Å². The highest BCUT2D eigenvalue weighted by molar-refractivity contribution is 6.03. The van der Waals surface area contributed by atoms with Crippen LogP contribution in [0.15, 0.2) is 60.9 Å². The van der Waals surface area contributed by atoms with Crippen molar-refractivity contribution in [3.05, 3.63) is 72.2 Å². The molecule has 0 unspecified atom stereocenters. The molecule has 27 heavy (non-hydrogen) atoms. The first-order chi connectivity index (χ1) is 13.0. The molecule has 0 radical (unpaired) electrons. The summed E-state index contributed by atoms with van der Waals surface area (Å²) in [6.07, 6.45) is 2.99. The molecule has 1 aromatic heterocycles. The van der Waals surface area contributed by atoms with Crippen molar-refractivity contribution < 1.29 is 9.53 Å². The van der Waals surface area contributed by atoms with Crippen molar-refractivity contribution >= 4 is 23.1 Å². The number of hydrogen-bond donors (Lipinski definition) is 2. The van der Waals surface area contributed by atoms with Gasteiger partial charge in [0.2, 0.25) is 0 Å². The number of carbonyl (C=O) groups is 1. The molecule has 1 amide bonds. The zero-order valence-electron chi connectivity index (χ0n) is 15.6. The Hall–Kier alpha value is -3.41. The first-order valence-corrected chi connectivity index (χ1v) is 8.74. The number of carbonyl (C=O) groups excluding carboxylic acids is 1. The van der Waals surface area contributed by atoms with E-state index in [9.17, 15) is 4.79 Å². The fourth-order valence-electron chi connectivity index (χ4n) is 2.47. The molecule has 6 nitrogen and oxygen atoms in total. The van der Waals surface area contributed by atoms with Crippen LogP contribution < -0.4 is 15.4 Å². The molecule has 2 N–H and O–H groups in total. The summed E-state index contributed by atoms with van der Waals surface area (Å²) in [4.78, 5) is 21.0. The van der Waals surface area contributed by atoms with Gasteiger partial charge in [-0.1, -0.05) is 30.3 Å². The molecule has 0 atom stereocenters. The maximum absolute atomic E-state index is 12.5. The summed E-state index contributed by atoms with van der Waals surface area (Å²) in [5.74, 6) is 0.848. The minimum absolute atomic E-state index is 0.00893. The summed E-state index contributed by atoms with van der Waals surface area (Å²) in [5.41, 5.74) is 2.87. The number of rotatable bonds is 6. The highest BCUT2D eigenvalue weighted by Crippen LogP contribution is 2.25. The molecule has 0 fully saturated rings. The Morgan fingerprint density at radius 3 is 2.33 bits per heavy atom. The topological polar surface area (TPSA) is 76.1 Å². The molecule has 2 aromatic carbocycles. The van der Waals surface area contributed by atoms with Crippen molar-refractivity contribution in [2.45, 2.75) is 26.9 Å². The second-order valence-electron chi connectivity index (χ2n) is 6.34. The minimum atomic E-state index is -0.343. The first kappa shape index (κ1) is 18.4. The molecule has 0 aliphatic heterocycles. The Morgan fingerprint density at radius 1 is 0.963 bits per heavy atom. The Labute approximate surface area is 158 Å². The lowest BCUT2D eigenvalue weighted by Crippen LogP contribution is -2.16. The van der Waals surface area contributed by atoms with E-state index < -0.39 is 0 Å². The van der Waals surface area contributed by atoms with Crippen molar-refractivity contribution in [3.63, 3.8) is 0 Å². The van der Waals surface area contributed by atoms with Crippen molar-refractivity contribution in [2.24, 2.45) is 0 Å². The molecule has 3 rings (SSSR count). The van der Waals surface area contributed by atoms with Crippen LogP contribution in [0.3, 0.4) is 0 Å². The van der Waals surface area contributed by atoms with Gasteiger partial charge in [0.15, 0.2) is 0 Å². The maximum Gasteiger partial charge on any atom is 0.275 e. The number of aryl methyl sites for hydroxylation is 1. The summed E-state index contributed by atoms with van der Waals surface area (Å²) in [5, 5.41) is 6.02. The van der Waals surface area contributed by atoms with E-state index in [-0.39, 0.29) is 17.7 Å². The van der Waals surface area contributed by atoms with E-state index in [1.54, 1.807) is 6.07 Å². The van der Waals surface area contributed by atoms with Gasteiger partial charge in [0.05, 0.1) is 24.2 Å². The SMILES string of the molecule is Cc1ccccc1Nc1cnc(C(=O)Nc2ccccc2OC(C)C)cn1. The van der Waals surface area contributed by atoms with Crippen LogP contribution in [0.25, 0.3) is 0 Å². The van der Waals surface area contributed by atoms with Crippen LogP contribution in [0.4, 0.5) is 17.2 Å². The third kappa shape index (κ3) is 4.82. The molecule has 0 aliphatic rings. The Bertz CT molecular complexity index is 923. The molecular weight excluding hydrogens is 340 g/mol. The monoisotopic (exact) mass is 362 g/mol. The van der Waals surface area contributed by atoms with E-state index >= 15 is 0 Å². The van der Waals surface area contributed by atoms with Gasteiger partial charge in [-0.15, -0.1) is 0 Å². The summed E-state index contributed by atoms with van der Waals surface area (Å²) in [6, 6.07) is 15.2. The van der Waals surface area contributed by atoms with Crippen LogP contribution in [0.5, 0.6) is 5.75 Å². The molecule has 0 aliphatic carbocycles. The molecule has 0 saturated heterocycles. The van der Waals surface area contributed by atoms with Crippen molar-refractivity contribution in [1.82, 2.24) is 9.97 Å². The summed E-state index contributed by atoms with van der Waals surface area (Å²) < 4.78 is 5.72. The Kier molecular flexibility index (Phi) is 5.66. The van der Waals surface area contributed by atoms with Gasteiger partial charge in [-0.2, -0.15) is 0 Å². The fourth-order valence-corrected chi connectivity index (χ4v) is 2.47. The van der Waals surface area contributed by atoms with Gasteiger partial charge in [0.1, 0.15) is 17.3 Å². The number of amides is 1. The van der Waals surface area contributed by atoms with Gasteiger partial charge in [-0.3, -0.25) is 4.79 Å². The van der Waals surface area contributed by atoms with Crippen molar-refractivity contribution in [2.75, 3.05) is 10.6 Å². The summed E-state index contributed by atoms with van der Waals surface area (Å²) >= 11 is 0. The van der Waals surface area contributed by atoms with Gasteiger partial charge in [-0.05, 0) is 44.5 Å². The minimum Gasteiger partial charge on any atom is -0.489 e. The quantitative estimate of drug-likeness (QED) is 0.672. The van der Waals surface area contributed by atoms with Crippen LogP contribution in [0.2, 0.25) is 0 Å². The standard InChI is InChI=1S/C21H22N4O2/c1-14(2)27-19-11-7-6-10-17(19)25-21(26)18-12-23-20(13-22-18)24-16-9-5-4-8-15(16)3/h4-14H,1-3H3,(H,23,24)(H,25,26). The van der Waals surface area contributed by atoms with Crippen LogP contribution >= 0.6 is 0 Å². The zero-order chi connectivity index (χ0) is 19.2. The van der Waals surface area contributed by atoms with Gasteiger partial charge < -0.3 is 15.4 Å². The molecule has 1 heterocycles. The van der Waals surface area contributed by atoms with E-state index in [0.29, 0.717) is 17.3 Å². The van der Waals surface area contributed by atoms with Gasteiger partial charge in [-0.25, -0.2) is 9.97 Å². The normalized spacial score (nSPS) is 10.5. The number of ether oxygens (including phenoxy) is 1. The zero-order valence-corrected chi connectivity index (χ0v) is 15.6. The van der Waals surface area contributed by atoms with Crippen molar-refractivity contribution in [3.8, 4) is 5.75 Å². The lowest BCUT2D eigenvalue weighted by molar-refractivity contribution is 0.102. The summed E-state index contributed by atoms with van der Waals surface area (Å²) in [6.45, 7) is 5.88. The average Bonchev–Trinajstić information content (AvgIpc) is 2.65. The largest absolute Gasteiger partial charge is 0.489 e. The smallest absolute Gasteiger partial charge is 0.275 e. The van der Waals surface area contributed by atoms with E-state index in [2.05, 4.69) is 20.6 Å². The average molecular weight is 362 g/mol. The molecule has 0 bridgehead atoms. The number of para-hydroxylation sites is 3. The van der Waals surface area contributed by atoms with Crippen LogP contribution in [0.1, 0.15) is 29.9 Å². The van der Waals surface area contributed by atoms with E-state index in [4.69, 9.17) is 4.74 Å². The third-order valence-electron chi connectivity index (χ3n) is 3.79. The van der Waals surface area contributed by atoms with E-state index in [0.717, 1.165) is 11.3 Å². The van der Waals surface area contributed by atoms with E-state index in [1.807, 2.05) is 63.2 Å². The second kappa shape index (κ2) is 8.31. The predicted octanol–water partition coefficient (Wildman–Crippen LogP) is 4.57. The molecule has 138 valence electrons. The number of hydrogen-bond acceptors (Lipinski definition) is 5. The Balaban J connectivity index is 1.70. The summed E-state index contributed by atoms with van der Waals surface area (Å²) in [7, 11) is 0. The predicted molar refractivity (Wildman–Crippen MR) is 107 cm³/mol. The molecule has 0 spiro atoms. The number of anilines is 3. The van der Waals surface area contributed by atoms with Crippen LogP contribution in [-0.4, -0.2) is 22.0 Å². The fraction of sp³-hybridized carbons (Fsp3) is 0.190. The maximum atomic E-state index is 12.5. The number of nitrogens with zero attached hydrogens (tertiary/aromatic N) is 2. The van der Waals surface area contributed by atoms with Crippen LogP contribution in [0, 0.1) is 6.92 Å². The molecular formula is C21H22N4O2. The van der Waals surface area contributed by atoms with Gasteiger partial charge >= 0.3 is 0 Å². The highest BCUT2D eigenvalue weighted by Gasteiger charge is 2.12. The van der Waals surface area contributed by atoms with Gasteiger partial charge in [0, 0.05) is 5.69 Å². The number of nitrogens with one attached hydrogen (secondary N) is 2. The number of benzene rings is 2. The first-order valence-electron chi connectivity index (χ1n) is 8.74. The lowest BCUT2D eigenvalue weighted by Gasteiger charge is -2.14. The third-order valence-corrected chi connectivity index (χ3v) is 3.79. The number of aromatic nitrogens is 2. The highest BCUT2D eigenvalue weighted by atomic mass is 16.5. The molecule has 0 saturated carbocycles. The Morgan fingerprint density at radius 2 is 1.67 bits per heavy atom. The lowest BCUT2D eigenvalue weighted by atomic mass is 10.2.